The Kier molecular flexibility index (Phi) is 6.89. The van der Waals surface area contributed by atoms with E-state index in [0.29, 0.717) is 16.3 Å². The first-order chi connectivity index (χ1) is 17.7. The number of rotatable bonds is 5. The summed E-state index contributed by atoms with van der Waals surface area (Å²) in [6.07, 6.45) is 2.04. The van der Waals surface area contributed by atoms with Crippen LogP contribution in [0.4, 0.5) is 5.69 Å². The van der Waals surface area contributed by atoms with Crippen molar-refractivity contribution in [2.24, 2.45) is 0 Å². The first-order valence-corrected chi connectivity index (χ1v) is 13.8. The summed E-state index contributed by atoms with van der Waals surface area (Å²) in [4.78, 5) is 18.1. The Morgan fingerprint density at radius 2 is 1.62 bits per heavy atom. The molecule has 0 aliphatic carbocycles. The molecule has 5 rings (SSSR count). The molecule has 1 aromatic heterocycles. The number of aromatic nitrogens is 1. The molecular weight excluding hydrogens is 496 g/mol. The number of aromatic amines is 1. The molecule has 5 aromatic rings. The van der Waals surface area contributed by atoms with E-state index in [4.69, 9.17) is 11.6 Å². The number of amides is 1. The van der Waals surface area contributed by atoms with Crippen LogP contribution in [0.25, 0.3) is 33.3 Å². The molecule has 0 saturated carbocycles. The van der Waals surface area contributed by atoms with Gasteiger partial charge in [-0.1, -0.05) is 74.8 Å². The van der Waals surface area contributed by atoms with Crippen molar-refractivity contribution in [1.29, 1.82) is 0 Å². The van der Waals surface area contributed by atoms with E-state index in [1.807, 2.05) is 54.8 Å². The lowest BCUT2D eigenvalue weighted by Crippen LogP contribution is -2.13. The zero-order chi connectivity index (χ0) is 26.2. The van der Waals surface area contributed by atoms with Crippen LogP contribution >= 0.6 is 23.4 Å². The van der Waals surface area contributed by atoms with Gasteiger partial charge in [0.15, 0.2) is 0 Å². The molecule has 186 valence electrons. The van der Waals surface area contributed by atoms with E-state index >= 15 is 0 Å². The molecule has 0 fully saturated rings. The van der Waals surface area contributed by atoms with Crippen molar-refractivity contribution >= 4 is 45.9 Å². The molecule has 4 aromatic carbocycles. The van der Waals surface area contributed by atoms with Gasteiger partial charge in [-0.25, -0.2) is 0 Å². The Morgan fingerprint density at radius 3 is 2.32 bits per heavy atom. The Balaban J connectivity index is 1.48. The molecule has 0 unspecified atom stereocenters. The van der Waals surface area contributed by atoms with Gasteiger partial charge < -0.3 is 10.3 Å². The van der Waals surface area contributed by atoms with Crippen molar-refractivity contribution < 1.29 is 4.79 Å². The fourth-order valence-corrected chi connectivity index (χ4v) is 5.12. The van der Waals surface area contributed by atoms with Crippen LogP contribution in [0.3, 0.4) is 0 Å². The summed E-state index contributed by atoms with van der Waals surface area (Å²) in [6, 6.07) is 30.2. The van der Waals surface area contributed by atoms with Gasteiger partial charge >= 0.3 is 0 Å². The highest BCUT2D eigenvalue weighted by atomic mass is 35.5. The molecule has 1 heterocycles. The van der Waals surface area contributed by atoms with Gasteiger partial charge in [-0.15, -0.1) is 11.8 Å². The molecule has 0 atom stereocenters. The van der Waals surface area contributed by atoms with Gasteiger partial charge in [-0.3, -0.25) is 4.79 Å². The number of H-pyrrole nitrogens is 1. The maximum Gasteiger partial charge on any atom is 0.256 e. The Bertz CT molecular complexity index is 1560. The summed E-state index contributed by atoms with van der Waals surface area (Å²) < 4.78 is 0. The normalized spacial score (nSPS) is 11.6. The van der Waals surface area contributed by atoms with E-state index < -0.39 is 0 Å². The molecule has 0 radical (unpaired) electrons. The molecule has 3 nitrogen and oxygen atoms in total. The molecule has 5 heteroatoms. The number of anilines is 1. The first-order valence-electron chi connectivity index (χ1n) is 12.2. The van der Waals surface area contributed by atoms with Crippen LogP contribution in [-0.4, -0.2) is 17.1 Å². The van der Waals surface area contributed by atoms with Crippen LogP contribution in [0, 0.1) is 0 Å². The maximum atomic E-state index is 13.5. The predicted molar refractivity (Wildman–Crippen MR) is 159 cm³/mol. The third-order valence-corrected chi connectivity index (χ3v) is 7.63. The Hall–Kier alpha value is -3.47. The van der Waals surface area contributed by atoms with Crippen LogP contribution in [0.2, 0.25) is 5.02 Å². The van der Waals surface area contributed by atoms with Gasteiger partial charge in [0.2, 0.25) is 0 Å². The van der Waals surface area contributed by atoms with Crippen LogP contribution in [0.5, 0.6) is 0 Å². The quantitative estimate of drug-likeness (QED) is 0.225. The smallest absolute Gasteiger partial charge is 0.256 e. The first kappa shape index (κ1) is 25.2. The van der Waals surface area contributed by atoms with Crippen LogP contribution in [0.15, 0.2) is 95.9 Å². The summed E-state index contributed by atoms with van der Waals surface area (Å²) in [6.45, 7) is 6.60. The molecule has 1 amide bonds. The number of carbonyl (C=O) groups excluding carboxylic acids is 1. The standard InChI is InChI=1S/C32H29ClN2OS/c1-32(2,3)22-11-9-20(10-12-22)26-19-24(37-4)14-15-25(26)31(36)34-23-13-16-28(33)27(18-23)30-17-21-7-5-6-8-29(21)35-30/h5-19,35H,1-4H3,(H,34,36). The van der Waals surface area contributed by atoms with Crippen molar-refractivity contribution in [2.45, 2.75) is 31.1 Å². The highest BCUT2D eigenvalue weighted by Gasteiger charge is 2.18. The number of fused-ring (bicyclic) bond motifs is 1. The van der Waals surface area contributed by atoms with Gasteiger partial charge in [-0.2, -0.15) is 0 Å². The minimum atomic E-state index is -0.160. The van der Waals surface area contributed by atoms with Gasteiger partial charge in [0.25, 0.3) is 5.91 Å². The number of para-hydroxylation sites is 1. The number of halogens is 1. The lowest BCUT2D eigenvalue weighted by molar-refractivity contribution is 0.102. The van der Waals surface area contributed by atoms with Gasteiger partial charge in [0.1, 0.15) is 0 Å². The average molecular weight is 525 g/mol. The Morgan fingerprint density at radius 1 is 0.865 bits per heavy atom. The summed E-state index contributed by atoms with van der Waals surface area (Å²) in [5, 5.41) is 4.82. The average Bonchev–Trinajstić information content (AvgIpc) is 3.33. The highest BCUT2D eigenvalue weighted by Crippen LogP contribution is 2.34. The topological polar surface area (TPSA) is 44.9 Å². The van der Waals surface area contributed by atoms with E-state index in [9.17, 15) is 4.79 Å². The molecule has 0 saturated heterocycles. The Labute approximate surface area is 227 Å². The molecule has 2 N–H and O–H groups in total. The second kappa shape index (κ2) is 10.1. The zero-order valence-electron chi connectivity index (χ0n) is 21.4. The summed E-state index contributed by atoms with van der Waals surface area (Å²) in [7, 11) is 0. The largest absolute Gasteiger partial charge is 0.354 e. The van der Waals surface area contributed by atoms with Crippen molar-refractivity contribution in [2.75, 3.05) is 11.6 Å². The van der Waals surface area contributed by atoms with Crippen LogP contribution in [0.1, 0.15) is 36.7 Å². The van der Waals surface area contributed by atoms with Crippen molar-refractivity contribution in [3.05, 3.63) is 107 Å². The monoisotopic (exact) mass is 524 g/mol. The minimum Gasteiger partial charge on any atom is -0.354 e. The van der Waals surface area contributed by atoms with E-state index in [1.54, 1.807) is 11.8 Å². The van der Waals surface area contributed by atoms with Crippen molar-refractivity contribution in [3.63, 3.8) is 0 Å². The fourth-order valence-electron chi connectivity index (χ4n) is 4.46. The molecule has 0 spiro atoms. The molecular formula is C32H29ClN2OS. The number of hydrogen-bond acceptors (Lipinski definition) is 2. The maximum absolute atomic E-state index is 13.5. The molecule has 0 aliphatic rings. The number of carbonyl (C=O) groups is 1. The van der Waals surface area contributed by atoms with E-state index in [2.05, 4.69) is 73.5 Å². The van der Waals surface area contributed by atoms with Crippen molar-refractivity contribution in [1.82, 2.24) is 4.98 Å². The van der Waals surface area contributed by atoms with E-state index in [1.165, 1.54) is 5.56 Å². The molecule has 0 aliphatic heterocycles. The summed E-state index contributed by atoms with van der Waals surface area (Å²) in [5.41, 5.74) is 7.36. The highest BCUT2D eigenvalue weighted by molar-refractivity contribution is 7.98. The van der Waals surface area contributed by atoms with Crippen molar-refractivity contribution in [3.8, 4) is 22.4 Å². The number of benzene rings is 4. The van der Waals surface area contributed by atoms with Crippen LogP contribution in [-0.2, 0) is 5.41 Å². The third-order valence-electron chi connectivity index (χ3n) is 6.58. The van der Waals surface area contributed by atoms with Crippen LogP contribution < -0.4 is 5.32 Å². The zero-order valence-corrected chi connectivity index (χ0v) is 22.9. The fraction of sp³-hybridized carbons (Fsp3) is 0.156. The number of hydrogen-bond donors (Lipinski definition) is 2. The second-order valence-corrected chi connectivity index (χ2v) is 11.4. The van der Waals surface area contributed by atoms with Gasteiger partial charge in [0, 0.05) is 38.3 Å². The number of thioether (sulfide) groups is 1. The van der Waals surface area contributed by atoms with Gasteiger partial charge in [-0.05, 0) is 76.9 Å². The lowest BCUT2D eigenvalue weighted by atomic mass is 9.86. The summed E-state index contributed by atoms with van der Waals surface area (Å²) in [5.74, 6) is -0.160. The van der Waals surface area contributed by atoms with E-state index in [0.717, 1.165) is 38.2 Å². The van der Waals surface area contributed by atoms with Gasteiger partial charge in [0.05, 0.1) is 5.02 Å². The number of nitrogens with one attached hydrogen (secondary N) is 2. The second-order valence-electron chi connectivity index (χ2n) is 10.2. The SMILES string of the molecule is CSc1ccc(C(=O)Nc2ccc(Cl)c(-c3cc4ccccc4[nH]3)c2)c(-c2ccc(C(C)(C)C)cc2)c1. The predicted octanol–water partition coefficient (Wildman–Crippen LogP) is 9.43. The molecule has 37 heavy (non-hydrogen) atoms. The van der Waals surface area contributed by atoms with E-state index in [-0.39, 0.29) is 11.3 Å². The summed E-state index contributed by atoms with van der Waals surface area (Å²) >= 11 is 8.22. The molecule has 0 bridgehead atoms. The minimum absolute atomic E-state index is 0.0666. The lowest BCUT2D eigenvalue weighted by Gasteiger charge is -2.19. The third kappa shape index (κ3) is 5.31.